The number of carbonyl (C=O) groups excluding carboxylic acids is 1. The fraction of sp³-hybridized carbons (Fsp3) is 0.286. The molecule has 0 heterocycles. The van der Waals surface area contributed by atoms with Crippen LogP contribution in [-0.2, 0) is 9.59 Å². The maximum atomic E-state index is 12.7. The molecule has 0 atom stereocenters. The summed E-state index contributed by atoms with van der Waals surface area (Å²) in [5, 5.41) is 11.5. The Balaban J connectivity index is 1.84. The zero-order chi connectivity index (χ0) is 13.9. The van der Waals surface area contributed by atoms with Crippen molar-refractivity contribution in [2.24, 2.45) is 5.41 Å². The lowest BCUT2D eigenvalue weighted by molar-refractivity contribution is -0.143. The number of carbonyl (C=O) groups is 2. The molecular weight excluding hydrogens is 249 g/mol. The van der Waals surface area contributed by atoms with Gasteiger partial charge in [0.25, 0.3) is 0 Å². The van der Waals surface area contributed by atoms with Gasteiger partial charge in [-0.15, -0.1) is 0 Å². The summed E-state index contributed by atoms with van der Waals surface area (Å²) in [6, 6.07) is 5.72. The van der Waals surface area contributed by atoms with E-state index in [-0.39, 0.29) is 18.3 Å². The van der Waals surface area contributed by atoms with E-state index < -0.39 is 11.4 Å². The average molecular weight is 263 g/mol. The Bertz CT molecular complexity index is 518. The summed E-state index contributed by atoms with van der Waals surface area (Å²) in [5.41, 5.74) is -0.0600. The first-order valence-corrected chi connectivity index (χ1v) is 5.97. The normalized spacial score (nSPS) is 16.3. The number of amides is 1. The molecule has 19 heavy (non-hydrogen) atoms. The molecule has 2 N–H and O–H groups in total. The molecule has 0 aromatic heterocycles. The molecule has 4 nitrogen and oxygen atoms in total. The molecule has 0 saturated heterocycles. The smallest absolute Gasteiger partial charge is 0.311 e. The van der Waals surface area contributed by atoms with Crippen LogP contribution < -0.4 is 5.32 Å². The van der Waals surface area contributed by atoms with E-state index >= 15 is 0 Å². The summed E-state index contributed by atoms with van der Waals surface area (Å²) in [6.07, 6.45) is 4.06. The highest BCUT2D eigenvalue weighted by atomic mass is 19.1. The summed E-state index contributed by atoms with van der Waals surface area (Å²) in [7, 11) is 0. The van der Waals surface area contributed by atoms with Gasteiger partial charge in [0.05, 0.1) is 5.41 Å². The van der Waals surface area contributed by atoms with Gasteiger partial charge in [-0.05, 0) is 36.6 Å². The van der Waals surface area contributed by atoms with Crippen molar-refractivity contribution in [1.82, 2.24) is 5.32 Å². The Kier molecular flexibility index (Phi) is 3.64. The van der Waals surface area contributed by atoms with E-state index in [1.807, 2.05) is 0 Å². The van der Waals surface area contributed by atoms with E-state index in [2.05, 4.69) is 5.32 Å². The van der Waals surface area contributed by atoms with Crippen LogP contribution in [0, 0.1) is 11.2 Å². The van der Waals surface area contributed by atoms with Crippen LogP contribution in [-0.4, -0.2) is 23.5 Å². The highest BCUT2D eigenvalue weighted by Gasteiger charge is 2.50. The van der Waals surface area contributed by atoms with Crippen LogP contribution >= 0.6 is 0 Å². The van der Waals surface area contributed by atoms with Gasteiger partial charge in [0.2, 0.25) is 5.91 Å². The molecule has 0 aliphatic heterocycles. The third kappa shape index (κ3) is 3.40. The number of halogens is 1. The van der Waals surface area contributed by atoms with E-state index in [0.717, 1.165) is 0 Å². The Morgan fingerprint density at radius 3 is 2.47 bits per heavy atom. The van der Waals surface area contributed by atoms with Crippen LogP contribution in [0.4, 0.5) is 4.39 Å². The molecular formula is C14H14FNO3. The minimum Gasteiger partial charge on any atom is -0.481 e. The number of hydrogen-bond acceptors (Lipinski definition) is 2. The van der Waals surface area contributed by atoms with Crippen LogP contribution in [0.3, 0.4) is 0 Å². The van der Waals surface area contributed by atoms with Gasteiger partial charge >= 0.3 is 5.97 Å². The molecule has 100 valence electrons. The van der Waals surface area contributed by atoms with Crippen molar-refractivity contribution in [2.45, 2.75) is 12.8 Å². The molecule has 0 radical (unpaired) electrons. The number of rotatable bonds is 5. The monoisotopic (exact) mass is 263 g/mol. The molecule has 1 aromatic rings. The molecule has 0 unspecified atom stereocenters. The van der Waals surface area contributed by atoms with Crippen molar-refractivity contribution in [2.75, 3.05) is 6.54 Å². The van der Waals surface area contributed by atoms with Crippen LogP contribution in [0.5, 0.6) is 0 Å². The Labute approximate surface area is 109 Å². The summed E-state index contributed by atoms with van der Waals surface area (Å²) in [6.45, 7) is 0.148. The third-order valence-corrected chi connectivity index (χ3v) is 3.21. The van der Waals surface area contributed by atoms with Gasteiger partial charge in [0.1, 0.15) is 5.82 Å². The number of nitrogens with one attached hydrogen (secondary N) is 1. The number of carboxylic acid groups (broad SMARTS) is 1. The van der Waals surface area contributed by atoms with Gasteiger partial charge in [-0.25, -0.2) is 4.39 Å². The molecule has 0 spiro atoms. The van der Waals surface area contributed by atoms with Crippen molar-refractivity contribution in [3.63, 3.8) is 0 Å². The Hall–Kier alpha value is -2.17. The maximum Gasteiger partial charge on any atom is 0.311 e. The quantitative estimate of drug-likeness (QED) is 0.796. The second-order valence-electron chi connectivity index (χ2n) is 4.69. The second-order valence-corrected chi connectivity index (χ2v) is 4.69. The van der Waals surface area contributed by atoms with E-state index in [0.29, 0.717) is 18.4 Å². The highest BCUT2D eigenvalue weighted by molar-refractivity contribution is 5.92. The molecule has 0 bridgehead atoms. The second kappa shape index (κ2) is 5.22. The number of benzene rings is 1. The van der Waals surface area contributed by atoms with Gasteiger partial charge in [-0.2, -0.15) is 0 Å². The molecule has 1 fully saturated rings. The first kappa shape index (κ1) is 13.3. The molecule has 1 aliphatic carbocycles. The van der Waals surface area contributed by atoms with E-state index in [1.54, 1.807) is 18.2 Å². The van der Waals surface area contributed by atoms with Crippen LogP contribution in [0.15, 0.2) is 30.3 Å². The van der Waals surface area contributed by atoms with Crippen molar-refractivity contribution in [1.29, 1.82) is 0 Å². The van der Waals surface area contributed by atoms with Crippen LogP contribution in [0.2, 0.25) is 0 Å². The first-order chi connectivity index (χ1) is 9.02. The van der Waals surface area contributed by atoms with Crippen LogP contribution in [0.1, 0.15) is 18.4 Å². The maximum absolute atomic E-state index is 12.7. The zero-order valence-corrected chi connectivity index (χ0v) is 10.2. The third-order valence-electron chi connectivity index (χ3n) is 3.21. The SMILES string of the molecule is O=C(/C=C/c1ccc(F)cc1)NCC1(C(=O)O)CC1. The standard InChI is InChI=1S/C14H14FNO3/c15-11-4-1-10(2-5-11)3-6-12(17)16-9-14(7-8-14)13(18)19/h1-6H,7-9H2,(H,16,17)(H,18,19)/b6-3+. The topological polar surface area (TPSA) is 66.4 Å². The molecule has 1 aliphatic rings. The lowest BCUT2D eigenvalue weighted by Crippen LogP contribution is -2.33. The van der Waals surface area contributed by atoms with Gasteiger partial charge in [0, 0.05) is 12.6 Å². The lowest BCUT2D eigenvalue weighted by atomic mass is 10.1. The average Bonchev–Trinajstić information content (AvgIpc) is 3.17. The Morgan fingerprint density at radius 1 is 1.32 bits per heavy atom. The van der Waals surface area contributed by atoms with Crippen molar-refractivity contribution >= 4 is 18.0 Å². The number of hydrogen-bond donors (Lipinski definition) is 2. The van der Waals surface area contributed by atoms with Gasteiger partial charge in [-0.3, -0.25) is 9.59 Å². The highest BCUT2D eigenvalue weighted by Crippen LogP contribution is 2.45. The van der Waals surface area contributed by atoms with Gasteiger partial charge in [-0.1, -0.05) is 12.1 Å². The fourth-order valence-electron chi connectivity index (χ4n) is 1.68. The van der Waals surface area contributed by atoms with Gasteiger partial charge < -0.3 is 10.4 Å². The number of aliphatic carboxylic acids is 1. The summed E-state index contributed by atoms with van der Waals surface area (Å²) < 4.78 is 12.7. The first-order valence-electron chi connectivity index (χ1n) is 5.97. The van der Waals surface area contributed by atoms with Crippen molar-refractivity contribution in [3.8, 4) is 0 Å². The summed E-state index contributed by atoms with van der Waals surface area (Å²) in [4.78, 5) is 22.4. The minimum absolute atomic E-state index is 0.148. The predicted octanol–water partition coefficient (Wildman–Crippen LogP) is 1.82. The van der Waals surface area contributed by atoms with E-state index in [9.17, 15) is 14.0 Å². The molecule has 1 aromatic carbocycles. The predicted molar refractivity (Wildman–Crippen MR) is 67.7 cm³/mol. The molecule has 1 saturated carbocycles. The largest absolute Gasteiger partial charge is 0.481 e. The van der Waals surface area contributed by atoms with Crippen LogP contribution in [0.25, 0.3) is 6.08 Å². The fourth-order valence-corrected chi connectivity index (χ4v) is 1.68. The summed E-state index contributed by atoms with van der Waals surface area (Å²) >= 11 is 0. The molecule has 2 rings (SSSR count). The summed E-state index contributed by atoms with van der Waals surface area (Å²) in [5.74, 6) is -1.55. The Morgan fingerprint density at radius 2 is 1.95 bits per heavy atom. The van der Waals surface area contributed by atoms with E-state index in [4.69, 9.17) is 5.11 Å². The van der Waals surface area contributed by atoms with E-state index in [1.165, 1.54) is 18.2 Å². The lowest BCUT2D eigenvalue weighted by Gasteiger charge is -2.09. The zero-order valence-electron chi connectivity index (χ0n) is 10.2. The number of carboxylic acids is 1. The minimum atomic E-state index is -0.865. The van der Waals surface area contributed by atoms with Crippen molar-refractivity contribution < 1.29 is 19.1 Å². The molecule has 5 heteroatoms. The van der Waals surface area contributed by atoms with Crippen molar-refractivity contribution in [3.05, 3.63) is 41.7 Å². The molecule has 1 amide bonds. The van der Waals surface area contributed by atoms with Gasteiger partial charge in [0.15, 0.2) is 0 Å².